The van der Waals surface area contributed by atoms with Crippen molar-refractivity contribution in [1.82, 2.24) is 4.98 Å². The fraction of sp³-hybridized carbons (Fsp3) is 0.214. The van der Waals surface area contributed by atoms with Crippen LogP contribution in [0.15, 0.2) is 47.1 Å². The van der Waals surface area contributed by atoms with Gasteiger partial charge in [0.25, 0.3) is 0 Å². The highest BCUT2D eigenvalue weighted by Gasteiger charge is 2.03. The van der Waals surface area contributed by atoms with E-state index in [1.165, 1.54) is 11.3 Å². The zero-order valence-electron chi connectivity index (χ0n) is 10.0. The Morgan fingerprint density at radius 2 is 2.06 bits per heavy atom. The first kappa shape index (κ1) is 12.1. The third-order valence-corrected chi connectivity index (χ3v) is 3.10. The van der Waals surface area contributed by atoms with Crippen molar-refractivity contribution in [3.8, 4) is 0 Å². The van der Waals surface area contributed by atoms with Gasteiger partial charge in [0.2, 0.25) is 0 Å². The lowest BCUT2D eigenvalue weighted by molar-refractivity contribution is 0.883. The van der Waals surface area contributed by atoms with E-state index in [0.29, 0.717) is 0 Å². The van der Waals surface area contributed by atoms with Crippen LogP contribution in [0, 0.1) is 6.92 Å². The van der Waals surface area contributed by atoms with Gasteiger partial charge in [-0.25, -0.2) is 0 Å². The number of pyridine rings is 1. The Labute approximate surface area is 110 Å². The van der Waals surface area contributed by atoms with Gasteiger partial charge in [-0.1, -0.05) is 12.1 Å². The molecule has 1 aromatic carbocycles. The Kier molecular flexibility index (Phi) is 3.79. The second-order valence-electron chi connectivity index (χ2n) is 4.16. The molecule has 1 heterocycles. The Morgan fingerprint density at radius 1 is 1.24 bits per heavy atom. The summed E-state index contributed by atoms with van der Waals surface area (Å²) in [4.78, 5) is 6.58. The molecule has 88 valence electrons. The SMILES string of the molecule is Cc1cccc(N(C)Cc2ccc(Br)cn2)c1. The van der Waals surface area contributed by atoms with Crippen LogP contribution in [-0.2, 0) is 6.54 Å². The monoisotopic (exact) mass is 290 g/mol. The van der Waals surface area contributed by atoms with Crippen molar-refractivity contribution in [3.05, 3.63) is 58.3 Å². The van der Waals surface area contributed by atoms with Gasteiger partial charge in [0, 0.05) is 23.4 Å². The molecule has 0 N–H and O–H groups in total. The van der Waals surface area contributed by atoms with Gasteiger partial charge in [0.1, 0.15) is 0 Å². The first-order valence-corrected chi connectivity index (χ1v) is 6.33. The van der Waals surface area contributed by atoms with E-state index in [9.17, 15) is 0 Å². The summed E-state index contributed by atoms with van der Waals surface area (Å²) in [5.41, 5.74) is 3.56. The Bertz CT molecular complexity index is 494. The maximum absolute atomic E-state index is 4.38. The molecule has 2 rings (SSSR count). The van der Waals surface area contributed by atoms with E-state index < -0.39 is 0 Å². The zero-order valence-corrected chi connectivity index (χ0v) is 11.6. The Hall–Kier alpha value is -1.35. The number of hydrogen-bond donors (Lipinski definition) is 0. The molecular weight excluding hydrogens is 276 g/mol. The largest absolute Gasteiger partial charge is 0.369 e. The van der Waals surface area contributed by atoms with E-state index in [1.54, 1.807) is 0 Å². The molecular formula is C14H15BrN2. The van der Waals surface area contributed by atoms with Crippen LogP contribution < -0.4 is 4.90 Å². The van der Waals surface area contributed by atoms with Crippen LogP contribution in [0.4, 0.5) is 5.69 Å². The second kappa shape index (κ2) is 5.32. The van der Waals surface area contributed by atoms with Gasteiger partial charge in [0.15, 0.2) is 0 Å². The molecule has 0 bridgehead atoms. The number of aromatic nitrogens is 1. The maximum atomic E-state index is 4.38. The minimum atomic E-state index is 0.816. The van der Waals surface area contributed by atoms with Gasteiger partial charge in [-0.05, 0) is 52.7 Å². The zero-order chi connectivity index (χ0) is 12.3. The number of nitrogens with zero attached hydrogens (tertiary/aromatic N) is 2. The summed E-state index contributed by atoms with van der Waals surface area (Å²) in [6.07, 6.45) is 1.83. The molecule has 0 saturated heterocycles. The topological polar surface area (TPSA) is 16.1 Å². The van der Waals surface area contributed by atoms with Gasteiger partial charge in [-0.3, -0.25) is 4.98 Å². The van der Waals surface area contributed by atoms with Gasteiger partial charge in [-0.2, -0.15) is 0 Å². The van der Waals surface area contributed by atoms with Gasteiger partial charge >= 0.3 is 0 Å². The number of rotatable bonds is 3. The van der Waals surface area contributed by atoms with Crippen LogP contribution in [0.1, 0.15) is 11.3 Å². The van der Waals surface area contributed by atoms with E-state index in [0.717, 1.165) is 16.7 Å². The molecule has 0 atom stereocenters. The van der Waals surface area contributed by atoms with Crippen LogP contribution in [0.3, 0.4) is 0 Å². The molecule has 0 saturated carbocycles. The number of benzene rings is 1. The number of anilines is 1. The summed E-state index contributed by atoms with van der Waals surface area (Å²) in [5.74, 6) is 0. The van der Waals surface area contributed by atoms with Crippen LogP contribution >= 0.6 is 15.9 Å². The van der Waals surface area contributed by atoms with E-state index in [2.05, 4.69) is 64.1 Å². The average Bonchev–Trinajstić information content (AvgIpc) is 2.32. The van der Waals surface area contributed by atoms with Crippen molar-refractivity contribution in [2.45, 2.75) is 13.5 Å². The minimum absolute atomic E-state index is 0.816. The third-order valence-electron chi connectivity index (χ3n) is 2.63. The molecule has 1 aromatic heterocycles. The highest BCUT2D eigenvalue weighted by atomic mass is 79.9. The third kappa shape index (κ3) is 3.30. The Morgan fingerprint density at radius 3 is 2.71 bits per heavy atom. The van der Waals surface area contributed by atoms with Crippen molar-refractivity contribution in [3.63, 3.8) is 0 Å². The molecule has 0 radical (unpaired) electrons. The van der Waals surface area contributed by atoms with Crippen LogP contribution in [-0.4, -0.2) is 12.0 Å². The molecule has 0 fully saturated rings. The normalized spacial score (nSPS) is 10.3. The highest BCUT2D eigenvalue weighted by Crippen LogP contribution is 2.16. The maximum Gasteiger partial charge on any atom is 0.0598 e. The minimum Gasteiger partial charge on any atom is -0.369 e. The molecule has 0 amide bonds. The van der Waals surface area contributed by atoms with Crippen molar-refractivity contribution >= 4 is 21.6 Å². The van der Waals surface area contributed by atoms with E-state index >= 15 is 0 Å². The van der Waals surface area contributed by atoms with E-state index in [-0.39, 0.29) is 0 Å². The van der Waals surface area contributed by atoms with Crippen LogP contribution in [0.5, 0.6) is 0 Å². The average molecular weight is 291 g/mol. The van der Waals surface area contributed by atoms with Gasteiger partial charge in [-0.15, -0.1) is 0 Å². The lowest BCUT2D eigenvalue weighted by atomic mass is 10.2. The first-order valence-electron chi connectivity index (χ1n) is 5.53. The predicted molar refractivity (Wildman–Crippen MR) is 75.2 cm³/mol. The van der Waals surface area contributed by atoms with Crippen LogP contribution in [0.2, 0.25) is 0 Å². The van der Waals surface area contributed by atoms with Crippen molar-refractivity contribution < 1.29 is 0 Å². The Balaban J connectivity index is 2.11. The summed E-state index contributed by atoms with van der Waals surface area (Å²) < 4.78 is 1.01. The van der Waals surface area contributed by atoms with Gasteiger partial charge in [0.05, 0.1) is 12.2 Å². The molecule has 0 unspecified atom stereocenters. The summed E-state index contributed by atoms with van der Waals surface area (Å²) in [6, 6.07) is 12.5. The summed E-state index contributed by atoms with van der Waals surface area (Å²) >= 11 is 3.39. The standard InChI is InChI=1S/C14H15BrN2/c1-11-4-3-5-14(8-11)17(2)10-13-7-6-12(15)9-16-13/h3-9H,10H2,1-2H3. The molecule has 0 spiro atoms. The molecule has 2 nitrogen and oxygen atoms in total. The quantitative estimate of drug-likeness (QED) is 0.855. The number of aryl methyl sites for hydroxylation is 1. The fourth-order valence-corrected chi connectivity index (χ4v) is 1.93. The number of hydrogen-bond acceptors (Lipinski definition) is 2. The fourth-order valence-electron chi connectivity index (χ4n) is 1.70. The molecule has 0 aliphatic heterocycles. The lowest BCUT2D eigenvalue weighted by Crippen LogP contribution is -2.17. The molecule has 17 heavy (non-hydrogen) atoms. The van der Waals surface area contributed by atoms with Gasteiger partial charge < -0.3 is 4.90 Å². The van der Waals surface area contributed by atoms with Crippen molar-refractivity contribution in [2.24, 2.45) is 0 Å². The molecule has 0 aliphatic rings. The predicted octanol–water partition coefficient (Wildman–Crippen LogP) is 3.79. The second-order valence-corrected chi connectivity index (χ2v) is 5.08. The number of halogens is 1. The smallest absolute Gasteiger partial charge is 0.0598 e. The first-order chi connectivity index (χ1) is 8.15. The summed E-state index contributed by atoms with van der Waals surface area (Å²) in [7, 11) is 2.08. The van der Waals surface area contributed by atoms with Crippen LogP contribution in [0.25, 0.3) is 0 Å². The summed E-state index contributed by atoms with van der Waals surface area (Å²) in [5, 5.41) is 0. The van der Waals surface area contributed by atoms with E-state index in [4.69, 9.17) is 0 Å². The van der Waals surface area contributed by atoms with E-state index in [1.807, 2.05) is 18.3 Å². The summed E-state index contributed by atoms with van der Waals surface area (Å²) in [6.45, 7) is 2.92. The van der Waals surface area contributed by atoms with Crippen molar-refractivity contribution in [1.29, 1.82) is 0 Å². The molecule has 0 aliphatic carbocycles. The van der Waals surface area contributed by atoms with Crippen molar-refractivity contribution in [2.75, 3.05) is 11.9 Å². The molecule has 3 heteroatoms. The lowest BCUT2D eigenvalue weighted by Gasteiger charge is -2.19. The molecule has 2 aromatic rings. The highest BCUT2D eigenvalue weighted by molar-refractivity contribution is 9.10.